The van der Waals surface area contributed by atoms with E-state index in [1.165, 1.54) is 4.90 Å². The molecule has 1 atom stereocenters. The second-order valence-electron chi connectivity index (χ2n) is 8.78. The molecule has 0 saturated carbocycles. The number of aryl methyl sites for hydroxylation is 2. The number of hydrogen-bond acceptors (Lipinski definition) is 4. The molecule has 1 heterocycles. The van der Waals surface area contributed by atoms with Crippen molar-refractivity contribution in [3.05, 3.63) is 113 Å². The highest BCUT2D eigenvalue weighted by Crippen LogP contribution is 2.43. The molecule has 1 amide bonds. The number of amides is 1. The summed E-state index contributed by atoms with van der Waals surface area (Å²) >= 11 is 0. The second-order valence-corrected chi connectivity index (χ2v) is 8.78. The lowest BCUT2D eigenvalue weighted by atomic mass is 9.94. The van der Waals surface area contributed by atoms with Crippen molar-refractivity contribution in [2.45, 2.75) is 19.9 Å². The van der Waals surface area contributed by atoms with Gasteiger partial charge in [-0.1, -0.05) is 54.6 Å². The SMILES string of the molecule is COc1cccc(C2/C(=C(/O)c3ccc4ccccc4c3)C(=O)C(=O)N2c2ccc(C)c(C)c2)c1. The number of ketones is 1. The van der Waals surface area contributed by atoms with Gasteiger partial charge in [-0.25, -0.2) is 0 Å². The molecule has 4 aromatic rings. The Morgan fingerprint density at radius 3 is 2.34 bits per heavy atom. The lowest BCUT2D eigenvalue weighted by molar-refractivity contribution is -0.132. The third-order valence-electron chi connectivity index (χ3n) is 6.65. The third kappa shape index (κ3) is 3.85. The quantitative estimate of drug-likeness (QED) is 0.226. The van der Waals surface area contributed by atoms with Gasteiger partial charge >= 0.3 is 0 Å². The number of carbonyl (C=O) groups is 2. The number of benzene rings is 4. The van der Waals surface area contributed by atoms with Gasteiger partial charge in [-0.15, -0.1) is 0 Å². The minimum atomic E-state index is -0.807. The lowest BCUT2D eigenvalue weighted by Crippen LogP contribution is -2.29. The van der Waals surface area contributed by atoms with E-state index in [0.29, 0.717) is 22.6 Å². The minimum Gasteiger partial charge on any atom is -0.507 e. The molecule has 1 saturated heterocycles. The number of nitrogens with zero attached hydrogens (tertiary/aromatic N) is 1. The van der Waals surface area contributed by atoms with Crippen LogP contribution < -0.4 is 9.64 Å². The van der Waals surface area contributed by atoms with Crippen LogP contribution in [0.3, 0.4) is 0 Å². The molecular weight excluding hydrogens is 438 g/mol. The predicted octanol–water partition coefficient (Wildman–Crippen LogP) is 6.09. The maximum absolute atomic E-state index is 13.4. The summed E-state index contributed by atoms with van der Waals surface area (Å²) in [5.41, 5.74) is 3.89. The zero-order valence-corrected chi connectivity index (χ0v) is 19.8. The maximum atomic E-state index is 13.4. The molecule has 5 rings (SSSR count). The largest absolute Gasteiger partial charge is 0.507 e. The van der Waals surface area contributed by atoms with E-state index in [0.717, 1.165) is 21.9 Å². The molecule has 35 heavy (non-hydrogen) atoms. The van der Waals surface area contributed by atoms with Crippen LogP contribution in [0.1, 0.15) is 28.3 Å². The Hall–Kier alpha value is -4.38. The monoisotopic (exact) mass is 463 g/mol. The van der Waals surface area contributed by atoms with E-state index in [-0.39, 0.29) is 11.3 Å². The Morgan fingerprint density at radius 2 is 1.60 bits per heavy atom. The van der Waals surface area contributed by atoms with Crippen LogP contribution in [0, 0.1) is 13.8 Å². The summed E-state index contributed by atoms with van der Waals surface area (Å²) in [4.78, 5) is 28.3. The van der Waals surface area contributed by atoms with Crippen LogP contribution >= 0.6 is 0 Å². The smallest absolute Gasteiger partial charge is 0.300 e. The highest BCUT2D eigenvalue weighted by Gasteiger charge is 2.47. The second kappa shape index (κ2) is 8.76. The molecule has 5 nitrogen and oxygen atoms in total. The molecule has 0 spiro atoms. The number of carbonyl (C=O) groups excluding carboxylic acids is 2. The van der Waals surface area contributed by atoms with Crippen molar-refractivity contribution < 1.29 is 19.4 Å². The van der Waals surface area contributed by atoms with Gasteiger partial charge in [0.15, 0.2) is 0 Å². The molecule has 0 aliphatic carbocycles. The fourth-order valence-corrected chi connectivity index (χ4v) is 4.59. The molecule has 0 radical (unpaired) electrons. The first kappa shape index (κ1) is 22.4. The summed E-state index contributed by atoms with van der Waals surface area (Å²) in [7, 11) is 1.56. The van der Waals surface area contributed by atoms with Gasteiger partial charge in [0, 0.05) is 11.3 Å². The fourth-order valence-electron chi connectivity index (χ4n) is 4.59. The van der Waals surface area contributed by atoms with Crippen LogP contribution in [0.15, 0.2) is 90.5 Å². The first-order valence-electron chi connectivity index (χ1n) is 11.4. The Morgan fingerprint density at radius 1 is 0.829 bits per heavy atom. The molecule has 1 fully saturated rings. The van der Waals surface area contributed by atoms with Gasteiger partial charge < -0.3 is 9.84 Å². The number of fused-ring (bicyclic) bond motifs is 1. The van der Waals surface area contributed by atoms with E-state index in [9.17, 15) is 14.7 Å². The predicted molar refractivity (Wildman–Crippen MR) is 138 cm³/mol. The molecule has 0 aromatic heterocycles. The number of hydrogen-bond donors (Lipinski definition) is 1. The standard InChI is InChI=1S/C30H25NO4/c1-18-11-14-24(15-19(18)2)31-27(22-9-6-10-25(17-22)35-3)26(29(33)30(31)34)28(32)23-13-12-20-7-4-5-8-21(20)16-23/h4-17,27,32H,1-3H3/b28-26-. The van der Waals surface area contributed by atoms with E-state index < -0.39 is 17.7 Å². The molecule has 1 N–H and O–H groups in total. The van der Waals surface area contributed by atoms with Crippen LogP contribution in [0.2, 0.25) is 0 Å². The number of Topliss-reactive ketones (excluding diaryl/α,β-unsaturated/α-hetero) is 1. The zero-order chi connectivity index (χ0) is 24.7. The van der Waals surface area contributed by atoms with Crippen molar-refractivity contribution in [1.29, 1.82) is 0 Å². The van der Waals surface area contributed by atoms with Crippen LogP contribution in [-0.2, 0) is 9.59 Å². The van der Waals surface area contributed by atoms with Gasteiger partial charge in [-0.2, -0.15) is 0 Å². The topological polar surface area (TPSA) is 66.8 Å². The first-order valence-corrected chi connectivity index (χ1v) is 11.4. The third-order valence-corrected chi connectivity index (χ3v) is 6.65. The average Bonchev–Trinajstić information content (AvgIpc) is 3.15. The fraction of sp³-hybridized carbons (Fsp3) is 0.133. The number of aliphatic hydroxyl groups excluding tert-OH is 1. The normalized spacial score (nSPS) is 17.2. The van der Waals surface area contributed by atoms with Gasteiger partial charge in [-0.05, 0) is 71.6 Å². The molecule has 1 unspecified atom stereocenters. The number of aliphatic hydroxyl groups is 1. The molecule has 0 bridgehead atoms. The number of ether oxygens (including phenoxy) is 1. The maximum Gasteiger partial charge on any atom is 0.300 e. The molecule has 5 heteroatoms. The van der Waals surface area contributed by atoms with Gasteiger partial charge in [-0.3, -0.25) is 14.5 Å². The molecule has 1 aliphatic heterocycles. The highest BCUT2D eigenvalue weighted by atomic mass is 16.5. The van der Waals surface area contributed by atoms with E-state index in [4.69, 9.17) is 4.74 Å². The number of anilines is 1. The van der Waals surface area contributed by atoms with Crippen LogP contribution in [0.5, 0.6) is 5.75 Å². The van der Waals surface area contributed by atoms with Crippen molar-refractivity contribution in [2.24, 2.45) is 0 Å². The Bertz CT molecular complexity index is 1520. The van der Waals surface area contributed by atoms with Crippen molar-refractivity contribution in [3.63, 3.8) is 0 Å². The molecular formula is C30H25NO4. The number of rotatable bonds is 4. The van der Waals surface area contributed by atoms with Crippen molar-refractivity contribution in [2.75, 3.05) is 12.0 Å². The average molecular weight is 464 g/mol. The Balaban J connectivity index is 1.74. The van der Waals surface area contributed by atoms with Crippen molar-refractivity contribution in [1.82, 2.24) is 0 Å². The summed E-state index contributed by atoms with van der Waals surface area (Å²) in [6.07, 6.45) is 0. The summed E-state index contributed by atoms with van der Waals surface area (Å²) in [6, 6.07) is 25.4. The molecule has 1 aliphatic rings. The van der Waals surface area contributed by atoms with Crippen LogP contribution in [0.25, 0.3) is 16.5 Å². The van der Waals surface area contributed by atoms with Gasteiger partial charge in [0.2, 0.25) is 0 Å². The first-order chi connectivity index (χ1) is 16.9. The van der Waals surface area contributed by atoms with Crippen molar-refractivity contribution >= 4 is 33.9 Å². The summed E-state index contributed by atoms with van der Waals surface area (Å²) in [5.74, 6) is -1.00. The van der Waals surface area contributed by atoms with E-state index in [2.05, 4.69) is 0 Å². The summed E-state index contributed by atoms with van der Waals surface area (Å²) in [6.45, 7) is 3.96. The highest BCUT2D eigenvalue weighted by molar-refractivity contribution is 6.51. The lowest BCUT2D eigenvalue weighted by Gasteiger charge is -2.26. The Labute approximate surface area is 203 Å². The minimum absolute atomic E-state index is 0.0526. The Kier molecular flexibility index (Phi) is 5.61. The zero-order valence-electron chi connectivity index (χ0n) is 19.8. The summed E-state index contributed by atoms with van der Waals surface area (Å²) < 4.78 is 5.41. The van der Waals surface area contributed by atoms with Gasteiger partial charge in [0.1, 0.15) is 11.5 Å². The van der Waals surface area contributed by atoms with Gasteiger partial charge in [0.25, 0.3) is 11.7 Å². The van der Waals surface area contributed by atoms with Crippen LogP contribution in [0.4, 0.5) is 5.69 Å². The van der Waals surface area contributed by atoms with Crippen LogP contribution in [-0.4, -0.2) is 23.9 Å². The van der Waals surface area contributed by atoms with E-state index in [1.807, 2.05) is 80.6 Å². The van der Waals surface area contributed by atoms with E-state index >= 15 is 0 Å². The molecule has 174 valence electrons. The van der Waals surface area contributed by atoms with Crippen molar-refractivity contribution in [3.8, 4) is 5.75 Å². The summed E-state index contributed by atoms with van der Waals surface area (Å²) in [5, 5.41) is 13.4. The van der Waals surface area contributed by atoms with Gasteiger partial charge in [0.05, 0.1) is 18.7 Å². The number of methoxy groups -OCH3 is 1. The molecule has 4 aromatic carbocycles. The van der Waals surface area contributed by atoms with E-state index in [1.54, 1.807) is 25.3 Å².